The van der Waals surface area contributed by atoms with Crippen LogP contribution in [0.4, 0.5) is 11.4 Å². The number of rotatable bonds is 4. The second-order valence-electron chi connectivity index (χ2n) is 6.03. The molecule has 0 atom stereocenters. The van der Waals surface area contributed by atoms with Gasteiger partial charge in [0, 0.05) is 6.42 Å². The number of carbonyl (C=O) groups excluding carboxylic acids is 3. The minimum Gasteiger partial charge on any atom is -0.465 e. The Balaban J connectivity index is 1.88. The maximum Gasteiger partial charge on any atom is 0.337 e. The van der Waals surface area contributed by atoms with E-state index in [1.54, 1.807) is 0 Å². The number of hydrogen-bond acceptors (Lipinski definition) is 6. The van der Waals surface area contributed by atoms with E-state index in [1.807, 2.05) is 0 Å². The number of carbonyl (C=O) groups is 3. The van der Waals surface area contributed by atoms with Gasteiger partial charge >= 0.3 is 5.97 Å². The number of amides is 2. The van der Waals surface area contributed by atoms with Crippen molar-refractivity contribution in [3.8, 4) is 0 Å². The van der Waals surface area contributed by atoms with Crippen LogP contribution in [-0.2, 0) is 19.6 Å². The molecule has 0 radical (unpaired) electrons. The van der Waals surface area contributed by atoms with Crippen LogP contribution in [0.1, 0.15) is 27.1 Å². The largest absolute Gasteiger partial charge is 0.465 e. The third-order valence-electron chi connectivity index (χ3n) is 4.15. The van der Waals surface area contributed by atoms with E-state index >= 15 is 0 Å². The predicted octanol–water partition coefficient (Wildman–Crippen LogP) is 3.10. The minimum atomic E-state index is -3.75. The average molecular weight is 457 g/mol. The molecule has 29 heavy (non-hydrogen) atoms. The van der Waals surface area contributed by atoms with E-state index in [9.17, 15) is 22.8 Å². The lowest BCUT2D eigenvalue weighted by atomic mass is 10.1. The van der Waals surface area contributed by atoms with E-state index in [4.69, 9.17) is 23.2 Å². The van der Waals surface area contributed by atoms with Crippen molar-refractivity contribution in [3.05, 3.63) is 57.6 Å². The van der Waals surface area contributed by atoms with Crippen LogP contribution in [0.25, 0.3) is 0 Å². The first-order valence-corrected chi connectivity index (χ1v) is 10.5. The number of esters is 1. The second-order valence-corrected chi connectivity index (χ2v) is 8.78. The van der Waals surface area contributed by atoms with E-state index in [0.717, 1.165) is 0 Å². The van der Waals surface area contributed by atoms with E-state index in [2.05, 4.69) is 10.1 Å². The van der Waals surface area contributed by atoms with Crippen LogP contribution in [-0.4, -0.2) is 39.1 Å². The van der Waals surface area contributed by atoms with Crippen LogP contribution in [0.5, 0.6) is 0 Å². The Morgan fingerprint density at radius 3 is 2.41 bits per heavy atom. The highest BCUT2D eigenvalue weighted by Crippen LogP contribution is 2.30. The highest BCUT2D eigenvalue weighted by molar-refractivity contribution is 7.94. The molecule has 0 unspecified atom stereocenters. The van der Waals surface area contributed by atoms with Crippen LogP contribution in [0.15, 0.2) is 36.4 Å². The van der Waals surface area contributed by atoms with E-state index in [0.29, 0.717) is 4.31 Å². The first-order valence-electron chi connectivity index (χ1n) is 8.18. The minimum absolute atomic E-state index is 0.0269. The molecular formula is C18H14Cl2N2O6S. The summed E-state index contributed by atoms with van der Waals surface area (Å²) in [5, 5.41) is 2.67. The molecule has 2 aromatic rings. The molecule has 0 spiro atoms. The van der Waals surface area contributed by atoms with Crippen LogP contribution in [0.3, 0.4) is 0 Å². The van der Waals surface area contributed by atoms with Crippen LogP contribution in [0, 0.1) is 0 Å². The number of methoxy groups -OCH3 is 1. The van der Waals surface area contributed by atoms with Gasteiger partial charge in [0.25, 0.3) is 5.91 Å². The fourth-order valence-electron chi connectivity index (χ4n) is 2.74. The molecule has 0 aromatic heterocycles. The van der Waals surface area contributed by atoms with Crippen molar-refractivity contribution in [1.82, 2.24) is 0 Å². The molecule has 3 rings (SSSR count). The lowest BCUT2D eigenvalue weighted by molar-refractivity contribution is -0.116. The van der Waals surface area contributed by atoms with Gasteiger partial charge in [-0.15, -0.1) is 0 Å². The number of halogens is 2. The summed E-state index contributed by atoms with van der Waals surface area (Å²) in [4.78, 5) is 36.1. The quantitative estimate of drug-likeness (QED) is 0.707. The Hall–Kier alpha value is -2.62. The zero-order valence-electron chi connectivity index (χ0n) is 14.9. The summed E-state index contributed by atoms with van der Waals surface area (Å²) in [5.41, 5.74) is 0.433. The summed E-state index contributed by atoms with van der Waals surface area (Å²) in [6.45, 7) is 0. The Morgan fingerprint density at radius 2 is 1.83 bits per heavy atom. The van der Waals surface area contributed by atoms with Crippen molar-refractivity contribution in [1.29, 1.82) is 0 Å². The summed E-state index contributed by atoms with van der Waals surface area (Å²) in [6.07, 6.45) is -0.114. The normalized spacial score (nSPS) is 15.3. The summed E-state index contributed by atoms with van der Waals surface area (Å²) in [6, 6.07) is 8.06. The Bertz CT molecular complexity index is 1130. The van der Waals surface area contributed by atoms with Gasteiger partial charge in [-0.1, -0.05) is 23.2 Å². The molecule has 1 N–H and O–H groups in total. The maximum absolute atomic E-state index is 12.6. The standard InChI is InChI=1S/C18H14Cl2N2O6S/c1-28-18(25)10-2-5-13(19)15(8-10)21-17(24)12-4-3-11(9-14(12)20)22-16(23)6-7-29(22,26)27/h2-5,8-9H,6-7H2,1H3,(H,21,24). The SMILES string of the molecule is COC(=O)c1ccc(Cl)c(NC(=O)c2ccc(N3C(=O)CCS3(=O)=O)cc2Cl)c1. The van der Waals surface area contributed by atoms with Crippen molar-refractivity contribution in [2.24, 2.45) is 0 Å². The van der Waals surface area contributed by atoms with Gasteiger partial charge in [-0.25, -0.2) is 17.5 Å². The highest BCUT2D eigenvalue weighted by atomic mass is 35.5. The van der Waals surface area contributed by atoms with Gasteiger partial charge in [0.05, 0.1) is 45.4 Å². The maximum atomic E-state index is 12.6. The molecular weight excluding hydrogens is 443 g/mol. The first kappa shape index (κ1) is 21.1. The van der Waals surface area contributed by atoms with Gasteiger partial charge in [0.1, 0.15) is 0 Å². The molecule has 0 bridgehead atoms. The van der Waals surface area contributed by atoms with Gasteiger partial charge in [-0.3, -0.25) is 9.59 Å². The van der Waals surface area contributed by atoms with Gasteiger partial charge in [-0.05, 0) is 36.4 Å². The average Bonchev–Trinajstić information content (AvgIpc) is 2.95. The van der Waals surface area contributed by atoms with Crippen molar-refractivity contribution in [2.75, 3.05) is 22.5 Å². The van der Waals surface area contributed by atoms with Gasteiger partial charge < -0.3 is 10.1 Å². The zero-order chi connectivity index (χ0) is 21.3. The van der Waals surface area contributed by atoms with Crippen molar-refractivity contribution >= 4 is 62.4 Å². The van der Waals surface area contributed by atoms with Crippen molar-refractivity contribution in [3.63, 3.8) is 0 Å². The third kappa shape index (κ3) is 4.21. The fraction of sp³-hybridized carbons (Fsp3) is 0.167. The summed E-state index contributed by atoms with van der Waals surface area (Å²) in [7, 11) is -2.52. The Kier molecular flexibility index (Phi) is 5.83. The molecule has 2 aromatic carbocycles. The van der Waals surface area contributed by atoms with Crippen LogP contribution >= 0.6 is 23.2 Å². The number of anilines is 2. The summed E-state index contributed by atoms with van der Waals surface area (Å²) < 4.78 is 29.4. The molecule has 0 aliphatic carbocycles. The molecule has 1 aliphatic rings. The fourth-order valence-corrected chi connectivity index (χ4v) is 4.62. The molecule has 8 nitrogen and oxygen atoms in total. The van der Waals surface area contributed by atoms with Crippen LogP contribution < -0.4 is 9.62 Å². The highest BCUT2D eigenvalue weighted by Gasteiger charge is 2.36. The second kappa shape index (κ2) is 8.02. The molecule has 0 saturated carbocycles. The van der Waals surface area contributed by atoms with E-state index in [-0.39, 0.29) is 44.7 Å². The number of nitrogens with zero attached hydrogens (tertiary/aromatic N) is 1. The van der Waals surface area contributed by atoms with Crippen LogP contribution in [0.2, 0.25) is 10.0 Å². The molecule has 1 aliphatic heterocycles. The molecule has 152 valence electrons. The molecule has 1 saturated heterocycles. The van der Waals surface area contributed by atoms with Gasteiger partial charge in [0.2, 0.25) is 15.9 Å². The topological polar surface area (TPSA) is 110 Å². The molecule has 2 amide bonds. The van der Waals surface area contributed by atoms with E-state index in [1.165, 1.54) is 43.5 Å². The summed E-state index contributed by atoms with van der Waals surface area (Å²) in [5.74, 6) is -2.08. The van der Waals surface area contributed by atoms with E-state index < -0.39 is 27.8 Å². The number of hydrogen-bond donors (Lipinski definition) is 1. The number of sulfonamides is 1. The van der Waals surface area contributed by atoms with Crippen molar-refractivity contribution < 1.29 is 27.5 Å². The number of ether oxygens (including phenoxy) is 1. The third-order valence-corrected chi connectivity index (χ3v) is 6.48. The summed E-state index contributed by atoms with van der Waals surface area (Å²) >= 11 is 12.2. The lowest BCUT2D eigenvalue weighted by Crippen LogP contribution is -2.29. The predicted molar refractivity (Wildman–Crippen MR) is 108 cm³/mol. The number of nitrogens with one attached hydrogen (secondary N) is 1. The zero-order valence-corrected chi connectivity index (χ0v) is 17.3. The monoisotopic (exact) mass is 456 g/mol. The Morgan fingerprint density at radius 1 is 1.10 bits per heavy atom. The molecule has 1 fully saturated rings. The lowest BCUT2D eigenvalue weighted by Gasteiger charge is -2.16. The molecule has 11 heteroatoms. The smallest absolute Gasteiger partial charge is 0.337 e. The van der Waals surface area contributed by atoms with Gasteiger partial charge in [0.15, 0.2) is 0 Å². The first-order chi connectivity index (χ1) is 13.6. The van der Waals surface area contributed by atoms with Crippen molar-refractivity contribution in [2.45, 2.75) is 6.42 Å². The Labute approximate surface area is 176 Å². The van der Waals surface area contributed by atoms with Gasteiger partial charge in [-0.2, -0.15) is 0 Å². The number of benzene rings is 2. The molecule has 1 heterocycles.